The molecule has 1 N–H and O–H groups in total. The number of ether oxygens (including phenoxy) is 3. The zero-order valence-corrected chi connectivity index (χ0v) is 13.2. The zero-order valence-electron chi connectivity index (χ0n) is 11.7. The van der Waals surface area contributed by atoms with Crippen molar-refractivity contribution in [2.24, 2.45) is 0 Å². The van der Waals surface area contributed by atoms with Gasteiger partial charge >= 0.3 is 0 Å². The van der Waals surface area contributed by atoms with Gasteiger partial charge in [-0.05, 0) is 41.6 Å². The Bertz CT molecular complexity index is 472. The van der Waals surface area contributed by atoms with E-state index in [0.29, 0.717) is 25.4 Å². The lowest BCUT2D eigenvalue weighted by Gasteiger charge is -2.29. The van der Waals surface area contributed by atoms with Crippen LogP contribution in [-0.2, 0) is 4.74 Å². The summed E-state index contributed by atoms with van der Waals surface area (Å²) >= 11 is 3.60. The summed E-state index contributed by atoms with van der Waals surface area (Å²) in [6.45, 7) is 1.24. The highest BCUT2D eigenvalue weighted by atomic mass is 79.9. The molecule has 1 aliphatic heterocycles. The van der Waals surface area contributed by atoms with Crippen LogP contribution in [0.15, 0.2) is 16.6 Å². The molecule has 1 aliphatic carbocycles. The van der Waals surface area contributed by atoms with E-state index < -0.39 is 0 Å². The number of nitrogens with one attached hydrogen (secondary N) is 1. The van der Waals surface area contributed by atoms with E-state index >= 15 is 0 Å². The normalized spacial score (nSPS) is 25.3. The molecule has 1 heterocycles. The van der Waals surface area contributed by atoms with Gasteiger partial charge < -0.3 is 19.5 Å². The standard InChI is InChI=1S/C15H20BrNO3/c1-18-11-4-2-10(3-5-11)17-13-9-15-14(8-12(13)16)19-6-7-20-15/h8-11,17H,2-7H2,1H3. The van der Waals surface area contributed by atoms with Crippen LogP contribution in [0.4, 0.5) is 5.69 Å². The van der Waals surface area contributed by atoms with E-state index in [4.69, 9.17) is 14.2 Å². The largest absolute Gasteiger partial charge is 0.486 e. The first kappa shape index (κ1) is 14.0. The lowest BCUT2D eigenvalue weighted by atomic mass is 9.93. The topological polar surface area (TPSA) is 39.7 Å². The highest BCUT2D eigenvalue weighted by molar-refractivity contribution is 9.10. The van der Waals surface area contributed by atoms with Gasteiger partial charge in [-0.1, -0.05) is 0 Å². The average molecular weight is 342 g/mol. The van der Waals surface area contributed by atoms with Crippen molar-refractivity contribution in [2.75, 3.05) is 25.6 Å². The van der Waals surface area contributed by atoms with Gasteiger partial charge in [-0.15, -0.1) is 0 Å². The van der Waals surface area contributed by atoms with Gasteiger partial charge in [0.05, 0.1) is 11.8 Å². The van der Waals surface area contributed by atoms with Gasteiger partial charge in [0.1, 0.15) is 13.2 Å². The highest BCUT2D eigenvalue weighted by Gasteiger charge is 2.22. The van der Waals surface area contributed by atoms with E-state index in [2.05, 4.69) is 21.2 Å². The molecule has 4 nitrogen and oxygen atoms in total. The molecule has 0 spiro atoms. The van der Waals surface area contributed by atoms with Crippen LogP contribution in [-0.4, -0.2) is 32.5 Å². The van der Waals surface area contributed by atoms with Crippen LogP contribution < -0.4 is 14.8 Å². The summed E-state index contributed by atoms with van der Waals surface area (Å²) in [7, 11) is 1.80. The van der Waals surface area contributed by atoms with Crippen LogP contribution >= 0.6 is 15.9 Å². The summed E-state index contributed by atoms with van der Waals surface area (Å²) in [6, 6.07) is 4.51. The summed E-state index contributed by atoms with van der Waals surface area (Å²) in [5.74, 6) is 1.64. The van der Waals surface area contributed by atoms with Crippen LogP contribution in [0.1, 0.15) is 25.7 Å². The van der Waals surface area contributed by atoms with Gasteiger partial charge in [-0.25, -0.2) is 0 Å². The Kier molecular flexibility index (Phi) is 4.36. The summed E-state index contributed by atoms with van der Waals surface area (Å²) in [4.78, 5) is 0. The number of rotatable bonds is 3. The molecule has 0 saturated heterocycles. The first-order valence-electron chi connectivity index (χ1n) is 7.14. The molecule has 0 atom stereocenters. The lowest BCUT2D eigenvalue weighted by molar-refractivity contribution is 0.0682. The van der Waals surface area contributed by atoms with Gasteiger partial charge in [-0.3, -0.25) is 0 Å². The maximum atomic E-state index is 5.64. The van der Waals surface area contributed by atoms with E-state index in [9.17, 15) is 0 Å². The van der Waals surface area contributed by atoms with Crippen LogP contribution in [0.3, 0.4) is 0 Å². The quantitative estimate of drug-likeness (QED) is 0.911. The van der Waals surface area contributed by atoms with Crippen molar-refractivity contribution in [2.45, 2.75) is 37.8 Å². The van der Waals surface area contributed by atoms with E-state index in [-0.39, 0.29) is 0 Å². The maximum Gasteiger partial charge on any atom is 0.163 e. The van der Waals surface area contributed by atoms with Gasteiger partial charge in [0, 0.05) is 29.8 Å². The van der Waals surface area contributed by atoms with Crippen molar-refractivity contribution < 1.29 is 14.2 Å². The number of fused-ring (bicyclic) bond motifs is 1. The number of hydrogen-bond donors (Lipinski definition) is 1. The predicted molar refractivity (Wildman–Crippen MR) is 81.8 cm³/mol. The molecule has 110 valence electrons. The Morgan fingerprint density at radius 3 is 2.40 bits per heavy atom. The van der Waals surface area contributed by atoms with E-state index in [1.807, 2.05) is 12.1 Å². The number of benzene rings is 1. The van der Waals surface area contributed by atoms with Crippen molar-refractivity contribution in [1.82, 2.24) is 0 Å². The molecule has 1 aromatic carbocycles. The Morgan fingerprint density at radius 2 is 1.75 bits per heavy atom. The summed E-state index contributed by atoms with van der Waals surface area (Å²) in [5.41, 5.74) is 1.08. The molecule has 5 heteroatoms. The average Bonchev–Trinajstić information content (AvgIpc) is 2.49. The van der Waals surface area contributed by atoms with Gasteiger partial charge in [-0.2, -0.15) is 0 Å². The van der Waals surface area contributed by atoms with Crippen molar-refractivity contribution in [3.8, 4) is 11.5 Å². The first-order valence-corrected chi connectivity index (χ1v) is 7.94. The minimum atomic E-state index is 0.428. The Balaban J connectivity index is 1.68. The Hall–Kier alpha value is -0.940. The molecule has 0 amide bonds. The molecule has 0 radical (unpaired) electrons. The smallest absolute Gasteiger partial charge is 0.163 e. The molecule has 1 aromatic rings. The predicted octanol–water partition coefficient (Wildman–Crippen LogP) is 3.59. The second kappa shape index (κ2) is 6.22. The maximum absolute atomic E-state index is 5.64. The Labute approximate surface area is 127 Å². The van der Waals surface area contributed by atoms with Gasteiger partial charge in [0.25, 0.3) is 0 Å². The summed E-state index contributed by atoms with van der Waals surface area (Å²) < 4.78 is 17.7. The fraction of sp³-hybridized carbons (Fsp3) is 0.600. The fourth-order valence-electron chi connectivity index (χ4n) is 2.84. The summed E-state index contributed by atoms with van der Waals surface area (Å²) in [5, 5.41) is 3.61. The third kappa shape index (κ3) is 3.04. The minimum Gasteiger partial charge on any atom is -0.486 e. The molecular weight excluding hydrogens is 322 g/mol. The summed E-state index contributed by atoms with van der Waals surface area (Å²) in [6.07, 6.45) is 4.95. The van der Waals surface area contributed by atoms with Gasteiger partial charge in [0.2, 0.25) is 0 Å². The molecule has 0 aromatic heterocycles. The van der Waals surface area contributed by atoms with Crippen molar-refractivity contribution in [3.05, 3.63) is 16.6 Å². The van der Waals surface area contributed by atoms with E-state index in [1.165, 1.54) is 0 Å². The van der Waals surface area contributed by atoms with Crippen LogP contribution in [0.2, 0.25) is 0 Å². The number of hydrogen-bond acceptors (Lipinski definition) is 4. The Morgan fingerprint density at radius 1 is 1.10 bits per heavy atom. The lowest BCUT2D eigenvalue weighted by Crippen LogP contribution is -2.29. The number of anilines is 1. The second-order valence-electron chi connectivity index (χ2n) is 5.33. The third-order valence-electron chi connectivity index (χ3n) is 4.00. The van der Waals surface area contributed by atoms with Crippen LogP contribution in [0.25, 0.3) is 0 Å². The molecule has 0 unspecified atom stereocenters. The minimum absolute atomic E-state index is 0.428. The molecule has 3 rings (SSSR count). The number of methoxy groups -OCH3 is 1. The highest BCUT2D eigenvalue weighted by Crippen LogP contribution is 2.39. The number of halogens is 1. The second-order valence-corrected chi connectivity index (χ2v) is 6.18. The third-order valence-corrected chi connectivity index (χ3v) is 4.66. The van der Waals surface area contributed by atoms with Gasteiger partial charge in [0.15, 0.2) is 11.5 Å². The molecular formula is C15H20BrNO3. The monoisotopic (exact) mass is 341 g/mol. The molecule has 1 fully saturated rings. The van der Waals surface area contributed by atoms with Crippen LogP contribution in [0, 0.1) is 0 Å². The zero-order chi connectivity index (χ0) is 13.9. The van der Waals surface area contributed by atoms with Crippen molar-refractivity contribution in [3.63, 3.8) is 0 Å². The molecule has 0 bridgehead atoms. The van der Waals surface area contributed by atoms with Crippen molar-refractivity contribution in [1.29, 1.82) is 0 Å². The van der Waals surface area contributed by atoms with E-state index in [0.717, 1.165) is 47.3 Å². The SMILES string of the molecule is COC1CCC(Nc2cc3c(cc2Br)OCCO3)CC1. The van der Waals surface area contributed by atoms with Crippen molar-refractivity contribution >= 4 is 21.6 Å². The fourth-order valence-corrected chi connectivity index (χ4v) is 3.27. The first-order chi connectivity index (χ1) is 9.76. The molecule has 1 saturated carbocycles. The molecule has 20 heavy (non-hydrogen) atoms. The van der Waals surface area contributed by atoms with Crippen LogP contribution in [0.5, 0.6) is 11.5 Å². The van der Waals surface area contributed by atoms with E-state index in [1.54, 1.807) is 7.11 Å². The molecule has 2 aliphatic rings.